The summed E-state index contributed by atoms with van der Waals surface area (Å²) in [5.41, 5.74) is 2.56. The number of ether oxygens (including phenoxy) is 1. The van der Waals surface area contributed by atoms with E-state index in [4.69, 9.17) is 4.74 Å². The fourth-order valence-corrected chi connectivity index (χ4v) is 5.54. The van der Waals surface area contributed by atoms with Gasteiger partial charge in [-0.05, 0) is 58.2 Å². The van der Waals surface area contributed by atoms with Crippen LogP contribution < -0.4 is 4.72 Å². The van der Waals surface area contributed by atoms with Crippen LogP contribution in [0, 0.1) is 5.82 Å². The molecule has 0 aliphatic carbocycles. The van der Waals surface area contributed by atoms with Crippen molar-refractivity contribution >= 4 is 37.6 Å². The van der Waals surface area contributed by atoms with Gasteiger partial charge in [0.15, 0.2) is 0 Å². The van der Waals surface area contributed by atoms with Crippen molar-refractivity contribution in [2.45, 2.75) is 17.9 Å². The number of benzene rings is 2. The number of sulfonamides is 1. The van der Waals surface area contributed by atoms with Gasteiger partial charge in [-0.2, -0.15) is 5.10 Å². The molecule has 0 fully saturated rings. The molecule has 29 heavy (non-hydrogen) atoms. The molecule has 0 radical (unpaired) electrons. The van der Waals surface area contributed by atoms with Gasteiger partial charge in [-0.25, -0.2) is 17.6 Å². The van der Waals surface area contributed by atoms with E-state index in [9.17, 15) is 17.6 Å². The molecular formula is C19H15BrFN3O4S. The maximum atomic E-state index is 13.3. The molecule has 7 nitrogen and oxygen atoms in total. The second kappa shape index (κ2) is 7.27. The Balaban J connectivity index is 1.84. The molecule has 0 amide bonds. The van der Waals surface area contributed by atoms with E-state index in [2.05, 4.69) is 25.8 Å². The summed E-state index contributed by atoms with van der Waals surface area (Å²) < 4.78 is 48.4. The third-order valence-electron chi connectivity index (χ3n) is 4.70. The van der Waals surface area contributed by atoms with Crippen LogP contribution in [0.1, 0.15) is 15.9 Å². The maximum Gasteiger partial charge on any atom is 0.340 e. The highest BCUT2D eigenvalue weighted by Crippen LogP contribution is 2.36. The van der Waals surface area contributed by atoms with E-state index < -0.39 is 21.8 Å². The standard InChI is InChI=1S/C19H15BrFN3O4S/c1-28-19(25)18-13-7-9-24-16(6-8-22-24)12(13)3-4-15(18)23-29(26,27)17-5-2-11(21)10-14(17)20/h2-6,8,10,23H,7,9H2,1H3. The molecule has 0 atom stereocenters. The lowest BCUT2D eigenvalue weighted by atomic mass is 9.92. The number of methoxy groups -OCH3 is 1. The van der Waals surface area contributed by atoms with Gasteiger partial charge in [0, 0.05) is 22.8 Å². The highest BCUT2D eigenvalue weighted by Gasteiger charge is 2.28. The molecule has 4 rings (SSSR count). The van der Waals surface area contributed by atoms with Crippen LogP contribution in [0.25, 0.3) is 11.3 Å². The summed E-state index contributed by atoms with van der Waals surface area (Å²) in [6, 6.07) is 8.35. The van der Waals surface area contributed by atoms with Crippen LogP contribution >= 0.6 is 15.9 Å². The van der Waals surface area contributed by atoms with Gasteiger partial charge in [0.05, 0.1) is 24.1 Å². The van der Waals surface area contributed by atoms with Crippen molar-refractivity contribution in [1.29, 1.82) is 0 Å². The van der Waals surface area contributed by atoms with Crippen molar-refractivity contribution in [3.63, 3.8) is 0 Å². The second-order valence-electron chi connectivity index (χ2n) is 6.38. The smallest absolute Gasteiger partial charge is 0.340 e. The minimum atomic E-state index is -4.09. The van der Waals surface area contributed by atoms with Crippen LogP contribution in [0.5, 0.6) is 0 Å². The molecule has 1 N–H and O–H groups in total. The lowest BCUT2D eigenvalue weighted by Crippen LogP contribution is -2.21. The van der Waals surface area contributed by atoms with Crippen molar-refractivity contribution in [2.75, 3.05) is 11.8 Å². The van der Waals surface area contributed by atoms with Crippen LogP contribution in [0.2, 0.25) is 0 Å². The largest absolute Gasteiger partial charge is 0.465 e. The topological polar surface area (TPSA) is 90.3 Å². The summed E-state index contributed by atoms with van der Waals surface area (Å²) in [6.07, 6.45) is 2.16. The number of anilines is 1. The van der Waals surface area contributed by atoms with E-state index in [-0.39, 0.29) is 20.6 Å². The molecule has 150 valence electrons. The number of esters is 1. The Hall–Kier alpha value is -2.72. The maximum absolute atomic E-state index is 13.3. The van der Waals surface area contributed by atoms with Crippen molar-refractivity contribution in [1.82, 2.24) is 9.78 Å². The number of hydrogen-bond donors (Lipinski definition) is 1. The fraction of sp³-hybridized carbons (Fsp3) is 0.158. The minimum absolute atomic E-state index is 0.0754. The van der Waals surface area contributed by atoms with E-state index in [0.717, 1.165) is 29.5 Å². The molecule has 1 aromatic heterocycles. The molecule has 10 heteroatoms. The van der Waals surface area contributed by atoms with Gasteiger partial charge in [-0.1, -0.05) is 6.07 Å². The summed E-state index contributed by atoms with van der Waals surface area (Å²) >= 11 is 3.07. The molecule has 0 saturated heterocycles. The Morgan fingerprint density at radius 1 is 1.28 bits per heavy atom. The first-order chi connectivity index (χ1) is 13.8. The van der Waals surface area contributed by atoms with Crippen LogP contribution in [0.3, 0.4) is 0 Å². The summed E-state index contributed by atoms with van der Waals surface area (Å²) in [6.45, 7) is 0.555. The Labute approximate surface area is 174 Å². The third-order valence-corrected chi connectivity index (χ3v) is 7.04. The van der Waals surface area contributed by atoms with Gasteiger partial charge in [-0.3, -0.25) is 9.40 Å². The number of nitrogens with one attached hydrogen (secondary N) is 1. The van der Waals surface area contributed by atoms with Gasteiger partial charge >= 0.3 is 5.97 Å². The summed E-state index contributed by atoms with van der Waals surface area (Å²) in [5, 5.41) is 4.24. The molecule has 1 aliphatic rings. The number of aromatic nitrogens is 2. The van der Waals surface area contributed by atoms with Crippen molar-refractivity contribution in [3.8, 4) is 11.3 Å². The molecule has 0 unspecified atom stereocenters. The molecule has 1 aliphatic heterocycles. The average molecular weight is 480 g/mol. The van der Waals surface area contributed by atoms with Gasteiger partial charge in [0.1, 0.15) is 10.7 Å². The molecule has 2 heterocycles. The Morgan fingerprint density at radius 3 is 2.79 bits per heavy atom. The number of carbonyl (C=O) groups is 1. The Bertz CT molecular complexity index is 1240. The van der Waals surface area contributed by atoms with Gasteiger partial charge in [0.2, 0.25) is 0 Å². The van der Waals surface area contributed by atoms with E-state index in [0.29, 0.717) is 18.5 Å². The van der Waals surface area contributed by atoms with Crippen LogP contribution in [0.4, 0.5) is 10.1 Å². The fourth-order valence-electron chi connectivity index (χ4n) is 3.42. The molecule has 2 aromatic carbocycles. The van der Waals surface area contributed by atoms with E-state index in [1.807, 2.05) is 10.7 Å². The number of carbonyl (C=O) groups excluding carboxylic acids is 1. The highest BCUT2D eigenvalue weighted by atomic mass is 79.9. The summed E-state index contributed by atoms with van der Waals surface area (Å²) in [5.74, 6) is -1.22. The molecular weight excluding hydrogens is 465 g/mol. The first-order valence-electron chi connectivity index (χ1n) is 8.56. The van der Waals surface area contributed by atoms with Crippen molar-refractivity contribution in [2.24, 2.45) is 0 Å². The zero-order valence-corrected chi connectivity index (χ0v) is 17.5. The van der Waals surface area contributed by atoms with Crippen molar-refractivity contribution < 1.29 is 22.3 Å². The van der Waals surface area contributed by atoms with E-state index in [1.165, 1.54) is 13.2 Å². The first kappa shape index (κ1) is 19.6. The number of halogens is 2. The lowest BCUT2D eigenvalue weighted by Gasteiger charge is -2.23. The molecule has 0 bridgehead atoms. The van der Waals surface area contributed by atoms with Crippen LogP contribution in [-0.2, 0) is 27.7 Å². The van der Waals surface area contributed by atoms with Gasteiger partial charge in [-0.15, -0.1) is 0 Å². The number of fused-ring (bicyclic) bond motifs is 3. The molecule has 3 aromatic rings. The Kier molecular flexibility index (Phi) is 4.91. The number of rotatable bonds is 4. The molecule has 0 spiro atoms. The number of aryl methyl sites for hydroxylation is 1. The SMILES string of the molecule is COC(=O)c1c(NS(=O)(=O)c2ccc(F)cc2Br)ccc2c1CCn1nccc1-2. The third kappa shape index (κ3) is 3.42. The molecule has 0 saturated carbocycles. The first-order valence-corrected chi connectivity index (χ1v) is 10.8. The predicted molar refractivity (Wildman–Crippen MR) is 108 cm³/mol. The highest BCUT2D eigenvalue weighted by molar-refractivity contribution is 9.10. The van der Waals surface area contributed by atoms with Gasteiger partial charge in [0.25, 0.3) is 10.0 Å². The minimum Gasteiger partial charge on any atom is -0.465 e. The summed E-state index contributed by atoms with van der Waals surface area (Å²) in [4.78, 5) is 12.4. The van der Waals surface area contributed by atoms with Gasteiger partial charge < -0.3 is 4.74 Å². The van der Waals surface area contributed by atoms with Crippen molar-refractivity contribution in [3.05, 3.63) is 64.0 Å². The van der Waals surface area contributed by atoms with E-state index >= 15 is 0 Å². The lowest BCUT2D eigenvalue weighted by molar-refractivity contribution is 0.0600. The normalized spacial score (nSPS) is 12.8. The number of hydrogen-bond acceptors (Lipinski definition) is 5. The second-order valence-corrected chi connectivity index (χ2v) is 8.88. The zero-order valence-electron chi connectivity index (χ0n) is 15.1. The average Bonchev–Trinajstić information content (AvgIpc) is 3.15. The Morgan fingerprint density at radius 2 is 2.07 bits per heavy atom. The quantitative estimate of drug-likeness (QED) is 0.577. The predicted octanol–water partition coefficient (Wildman–Crippen LogP) is 3.60. The van der Waals surface area contributed by atoms with Crippen LogP contribution in [-0.4, -0.2) is 31.3 Å². The van der Waals surface area contributed by atoms with E-state index in [1.54, 1.807) is 12.3 Å². The summed E-state index contributed by atoms with van der Waals surface area (Å²) in [7, 11) is -2.85. The van der Waals surface area contributed by atoms with Crippen LogP contribution in [0.15, 0.2) is 52.0 Å². The number of nitrogens with zero attached hydrogens (tertiary/aromatic N) is 2. The monoisotopic (exact) mass is 479 g/mol. The zero-order chi connectivity index (χ0) is 20.8.